The number of fused-ring (bicyclic) bond motifs is 1. The van der Waals surface area contributed by atoms with Crippen LogP contribution >= 0.6 is 0 Å². The summed E-state index contributed by atoms with van der Waals surface area (Å²) in [5, 5.41) is 17.6. The second kappa shape index (κ2) is 7.76. The van der Waals surface area contributed by atoms with E-state index in [9.17, 15) is 39.5 Å². The van der Waals surface area contributed by atoms with Gasteiger partial charge in [0.15, 0.2) is 5.75 Å². The van der Waals surface area contributed by atoms with E-state index in [4.69, 9.17) is 10.3 Å². The van der Waals surface area contributed by atoms with Crippen molar-refractivity contribution in [3.8, 4) is 5.75 Å². The summed E-state index contributed by atoms with van der Waals surface area (Å²) in [5.41, 5.74) is 4.18. The molecule has 0 aromatic heterocycles. The van der Waals surface area contributed by atoms with Crippen LogP contribution in [-0.2, 0) is 30.4 Å². The van der Waals surface area contributed by atoms with Crippen LogP contribution in [0.5, 0.6) is 5.75 Å². The quantitative estimate of drug-likeness (QED) is 0.192. The zero-order valence-electron chi connectivity index (χ0n) is 15.5. The molecule has 170 valence electrons. The summed E-state index contributed by atoms with van der Waals surface area (Å²) < 4.78 is 97.5. The lowest BCUT2D eigenvalue weighted by Gasteiger charge is -2.09. The molecular formula is C16H13N3O10S3. The van der Waals surface area contributed by atoms with Crippen LogP contribution in [0.2, 0.25) is 0 Å². The Hall–Kier alpha value is -3.15. The highest BCUT2D eigenvalue weighted by Crippen LogP contribution is 2.42. The molecule has 0 atom stereocenters. The summed E-state index contributed by atoms with van der Waals surface area (Å²) in [5.74, 6) is -0.800. The number of nitrogens with two attached hydrogens (primary N) is 1. The van der Waals surface area contributed by atoms with Gasteiger partial charge >= 0.3 is 0 Å². The molecule has 0 bridgehead atoms. The summed E-state index contributed by atoms with van der Waals surface area (Å²) in [4.78, 5) is -2.66. The average molecular weight is 503 g/mol. The molecule has 3 aromatic carbocycles. The molecule has 6 N–H and O–H groups in total. The third-order valence-corrected chi connectivity index (χ3v) is 6.74. The number of aromatic hydroxyl groups is 1. The van der Waals surface area contributed by atoms with Crippen LogP contribution in [0.15, 0.2) is 67.4 Å². The van der Waals surface area contributed by atoms with Gasteiger partial charge in [-0.1, -0.05) is 6.07 Å². The van der Waals surface area contributed by atoms with Crippen LogP contribution in [0, 0.1) is 0 Å². The Labute approximate surface area is 181 Å². The van der Waals surface area contributed by atoms with E-state index < -0.39 is 62.2 Å². The molecule has 3 aromatic rings. The molecule has 16 heteroatoms. The number of azo groups is 1. The molecule has 0 aliphatic carbocycles. The molecule has 0 spiro atoms. The van der Waals surface area contributed by atoms with Crippen LogP contribution in [0.25, 0.3) is 10.8 Å². The molecule has 32 heavy (non-hydrogen) atoms. The number of nitrogen functional groups attached to an aromatic ring is 1. The number of benzene rings is 3. The topological polar surface area (TPSA) is 234 Å². The monoisotopic (exact) mass is 503 g/mol. The van der Waals surface area contributed by atoms with Gasteiger partial charge in [-0.25, -0.2) is 0 Å². The van der Waals surface area contributed by atoms with Crippen LogP contribution in [0.3, 0.4) is 0 Å². The molecule has 13 nitrogen and oxygen atoms in total. The molecule has 0 amide bonds. The van der Waals surface area contributed by atoms with E-state index in [2.05, 4.69) is 10.2 Å². The maximum absolute atomic E-state index is 11.8. The second-order valence-corrected chi connectivity index (χ2v) is 10.5. The van der Waals surface area contributed by atoms with E-state index >= 15 is 0 Å². The third-order valence-electron chi connectivity index (χ3n) is 4.12. The summed E-state index contributed by atoms with van der Waals surface area (Å²) in [6.07, 6.45) is 0. The van der Waals surface area contributed by atoms with Gasteiger partial charge in [0.2, 0.25) is 0 Å². The predicted octanol–water partition coefficient (Wildman–Crippen LogP) is 2.28. The van der Waals surface area contributed by atoms with Crippen molar-refractivity contribution >= 4 is 58.2 Å². The van der Waals surface area contributed by atoms with Gasteiger partial charge in [0.25, 0.3) is 30.4 Å². The van der Waals surface area contributed by atoms with Crippen LogP contribution in [0.1, 0.15) is 0 Å². The highest BCUT2D eigenvalue weighted by molar-refractivity contribution is 7.86. The van der Waals surface area contributed by atoms with Crippen molar-refractivity contribution in [2.45, 2.75) is 14.7 Å². The van der Waals surface area contributed by atoms with Crippen LogP contribution in [0.4, 0.5) is 17.1 Å². The van der Waals surface area contributed by atoms with Crippen molar-refractivity contribution in [3.63, 3.8) is 0 Å². The first-order valence-electron chi connectivity index (χ1n) is 8.12. The van der Waals surface area contributed by atoms with Crippen molar-refractivity contribution in [3.05, 3.63) is 42.5 Å². The first kappa shape index (κ1) is 23.5. The SMILES string of the molecule is Nc1ccc2cc(S(=O)(=O)O)c(N=Nc3cc(S(=O)(=O)O)ccc3S(=O)(=O)O)c(O)c2c1. The van der Waals surface area contributed by atoms with Crippen molar-refractivity contribution in [2.75, 3.05) is 5.73 Å². The molecule has 0 heterocycles. The van der Waals surface area contributed by atoms with Gasteiger partial charge in [0.1, 0.15) is 21.2 Å². The normalized spacial score (nSPS) is 13.1. The molecule has 3 rings (SSSR count). The van der Waals surface area contributed by atoms with Gasteiger partial charge < -0.3 is 10.8 Å². The number of phenols is 1. The van der Waals surface area contributed by atoms with Crippen LogP contribution in [-0.4, -0.2) is 44.0 Å². The Morgan fingerprint density at radius 2 is 1.34 bits per heavy atom. The van der Waals surface area contributed by atoms with E-state index in [0.29, 0.717) is 18.2 Å². The van der Waals surface area contributed by atoms with Crippen molar-refractivity contribution < 1.29 is 44.0 Å². The van der Waals surface area contributed by atoms with E-state index in [1.807, 2.05) is 0 Å². The first-order chi connectivity index (χ1) is 14.6. The minimum atomic E-state index is -4.98. The van der Waals surface area contributed by atoms with Crippen molar-refractivity contribution in [1.82, 2.24) is 0 Å². The maximum Gasteiger partial charge on any atom is 0.296 e. The smallest absolute Gasteiger partial charge is 0.296 e. The van der Waals surface area contributed by atoms with Gasteiger partial charge in [-0.05, 0) is 41.8 Å². The Morgan fingerprint density at radius 3 is 1.91 bits per heavy atom. The first-order valence-corrected chi connectivity index (χ1v) is 12.4. The summed E-state index contributed by atoms with van der Waals surface area (Å²) in [6, 6.07) is 6.76. The second-order valence-electron chi connectivity index (χ2n) is 6.31. The molecule has 0 saturated heterocycles. The lowest BCUT2D eigenvalue weighted by atomic mass is 10.1. The largest absolute Gasteiger partial charge is 0.505 e. The van der Waals surface area contributed by atoms with Crippen LogP contribution < -0.4 is 5.73 Å². The Bertz CT molecular complexity index is 1610. The van der Waals surface area contributed by atoms with Crippen molar-refractivity contribution in [1.29, 1.82) is 0 Å². The fourth-order valence-electron chi connectivity index (χ4n) is 2.71. The minimum absolute atomic E-state index is 0.00744. The third kappa shape index (κ3) is 4.69. The van der Waals surface area contributed by atoms with Gasteiger partial charge in [-0.15, -0.1) is 10.2 Å². The maximum atomic E-state index is 11.8. The number of anilines is 1. The average Bonchev–Trinajstić information content (AvgIpc) is 2.65. The standard InChI is InChI=1S/C16H13N3O10S3/c17-9-2-1-8-5-14(32(27,28)29)15(16(20)11(8)6-9)19-18-12-7-10(30(21,22)23)3-4-13(12)31(24,25)26/h1-7,20H,17H2,(H,21,22,23)(H,24,25,26)(H,27,28,29). The van der Waals surface area contributed by atoms with Gasteiger partial charge in [-0.3, -0.25) is 13.7 Å². The number of phenolic OH excluding ortho intramolecular Hbond substituents is 1. The number of hydrogen-bond acceptors (Lipinski definition) is 10. The molecule has 0 aliphatic heterocycles. The predicted molar refractivity (Wildman–Crippen MR) is 110 cm³/mol. The van der Waals surface area contributed by atoms with Gasteiger partial charge in [0.05, 0.1) is 4.90 Å². The van der Waals surface area contributed by atoms with Gasteiger partial charge in [0, 0.05) is 11.1 Å². The van der Waals surface area contributed by atoms with Crippen molar-refractivity contribution in [2.24, 2.45) is 10.2 Å². The van der Waals surface area contributed by atoms with E-state index in [-0.39, 0.29) is 16.5 Å². The lowest BCUT2D eigenvalue weighted by Crippen LogP contribution is -2.02. The van der Waals surface area contributed by atoms with E-state index in [0.717, 1.165) is 6.07 Å². The number of hydrogen-bond donors (Lipinski definition) is 5. The number of nitrogens with zero attached hydrogens (tertiary/aromatic N) is 2. The van der Waals surface area contributed by atoms with E-state index in [1.54, 1.807) is 0 Å². The Kier molecular flexibility index (Phi) is 5.71. The van der Waals surface area contributed by atoms with E-state index in [1.165, 1.54) is 18.2 Å². The fourth-order valence-corrected chi connectivity index (χ4v) is 4.47. The highest BCUT2D eigenvalue weighted by atomic mass is 32.2. The lowest BCUT2D eigenvalue weighted by molar-refractivity contribution is 0.472. The zero-order chi connectivity index (χ0) is 24.1. The molecule has 0 saturated carbocycles. The summed E-state index contributed by atoms with van der Waals surface area (Å²) in [7, 11) is -14.8. The molecule has 0 unspecified atom stereocenters. The summed E-state index contributed by atoms with van der Waals surface area (Å²) in [6.45, 7) is 0. The molecule has 0 radical (unpaired) electrons. The molecular weight excluding hydrogens is 490 g/mol. The Balaban J connectivity index is 2.35. The fraction of sp³-hybridized carbons (Fsp3) is 0. The molecule has 0 aliphatic rings. The zero-order valence-corrected chi connectivity index (χ0v) is 17.9. The highest BCUT2D eigenvalue weighted by Gasteiger charge is 2.24. The molecule has 0 fully saturated rings. The number of rotatable bonds is 5. The minimum Gasteiger partial charge on any atom is -0.505 e. The Morgan fingerprint density at radius 1 is 0.719 bits per heavy atom. The van der Waals surface area contributed by atoms with Gasteiger partial charge in [-0.2, -0.15) is 25.3 Å². The summed E-state index contributed by atoms with van der Waals surface area (Å²) >= 11 is 0.